The van der Waals surface area contributed by atoms with Gasteiger partial charge in [-0.1, -0.05) is 6.92 Å². The first-order valence-corrected chi connectivity index (χ1v) is 12.3. The van der Waals surface area contributed by atoms with Crippen molar-refractivity contribution in [3.63, 3.8) is 0 Å². The highest BCUT2D eigenvalue weighted by Gasteiger charge is 2.37. The number of nitrogens with two attached hydrogens (primary N) is 1. The van der Waals surface area contributed by atoms with E-state index in [1.54, 1.807) is 0 Å². The van der Waals surface area contributed by atoms with Gasteiger partial charge in [-0.3, -0.25) is 4.79 Å². The zero-order valence-electron chi connectivity index (χ0n) is 18.0. The molecule has 4 atom stereocenters. The first kappa shape index (κ1) is 20.1. The summed E-state index contributed by atoms with van der Waals surface area (Å²) < 4.78 is 1.88. The third-order valence-corrected chi connectivity index (χ3v) is 8.25. The van der Waals surface area contributed by atoms with Gasteiger partial charge in [0, 0.05) is 48.8 Å². The van der Waals surface area contributed by atoms with Gasteiger partial charge in [0.25, 0.3) is 0 Å². The third kappa shape index (κ3) is 3.68. The highest BCUT2D eigenvalue weighted by atomic mass is 32.2. The van der Waals surface area contributed by atoms with Crippen LogP contribution in [0.15, 0.2) is 12.3 Å². The van der Waals surface area contributed by atoms with E-state index < -0.39 is 0 Å². The lowest BCUT2D eigenvalue weighted by Gasteiger charge is -2.36. The van der Waals surface area contributed by atoms with Gasteiger partial charge in [-0.05, 0) is 45.4 Å². The number of thioether (sulfide) groups is 1. The Morgan fingerprint density at radius 3 is 2.80 bits per heavy atom. The fraction of sp³-hybridized carbons (Fsp3) is 0.682. The minimum Gasteiger partial charge on any atom is -0.355 e. The maximum Gasteiger partial charge on any atom is 0.236 e. The summed E-state index contributed by atoms with van der Waals surface area (Å²) in [6, 6.07) is 2.37. The van der Waals surface area contributed by atoms with E-state index in [0.717, 1.165) is 80.9 Å². The summed E-state index contributed by atoms with van der Waals surface area (Å²) in [5.74, 6) is 1.32. The van der Waals surface area contributed by atoms with Gasteiger partial charge in [-0.15, -0.1) is 11.8 Å². The summed E-state index contributed by atoms with van der Waals surface area (Å²) in [7, 11) is 0. The van der Waals surface area contributed by atoms with Gasteiger partial charge in [-0.25, -0.2) is 9.50 Å². The Labute approximate surface area is 182 Å². The van der Waals surface area contributed by atoms with Crippen LogP contribution in [0.2, 0.25) is 0 Å². The Bertz CT molecular complexity index is 945. The van der Waals surface area contributed by atoms with E-state index in [1.807, 2.05) is 16.3 Å². The van der Waals surface area contributed by atoms with Gasteiger partial charge in [0.15, 0.2) is 5.65 Å². The Morgan fingerprint density at radius 2 is 2.07 bits per heavy atom. The molecule has 4 unspecified atom stereocenters. The van der Waals surface area contributed by atoms with E-state index in [4.69, 9.17) is 15.8 Å². The van der Waals surface area contributed by atoms with E-state index in [0.29, 0.717) is 11.2 Å². The highest BCUT2D eigenvalue weighted by Crippen LogP contribution is 2.38. The van der Waals surface area contributed by atoms with Crippen molar-refractivity contribution in [3.05, 3.63) is 23.5 Å². The van der Waals surface area contributed by atoms with Crippen molar-refractivity contribution in [2.24, 2.45) is 5.73 Å². The van der Waals surface area contributed by atoms with Gasteiger partial charge in [0.1, 0.15) is 5.82 Å². The Balaban J connectivity index is 1.43. The molecule has 7 nitrogen and oxygen atoms in total. The van der Waals surface area contributed by atoms with Crippen molar-refractivity contribution in [3.8, 4) is 0 Å². The Morgan fingerprint density at radius 1 is 1.20 bits per heavy atom. The minimum absolute atomic E-state index is 0.0634. The molecule has 3 saturated heterocycles. The van der Waals surface area contributed by atoms with Crippen molar-refractivity contribution >= 4 is 29.1 Å². The zero-order chi connectivity index (χ0) is 20.8. The molecule has 0 radical (unpaired) electrons. The molecule has 2 aromatic heterocycles. The molecule has 30 heavy (non-hydrogen) atoms. The van der Waals surface area contributed by atoms with Crippen molar-refractivity contribution < 1.29 is 4.79 Å². The maximum absolute atomic E-state index is 13.3. The molecule has 162 valence electrons. The summed E-state index contributed by atoms with van der Waals surface area (Å²) in [4.78, 5) is 22.6. The van der Waals surface area contributed by atoms with Gasteiger partial charge in [-0.2, -0.15) is 5.10 Å². The monoisotopic (exact) mass is 428 g/mol. The number of hydrogen-bond acceptors (Lipinski definition) is 6. The molecular weight excluding hydrogens is 396 g/mol. The van der Waals surface area contributed by atoms with Gasteiger partial charge >= 0.3 is 0 Å². The molecule has 8 heteroatoms. The molecule has 3 aliphatic rings. The summed E-state index contributed by atoms with van der Waals surface area (Å²) in [6.07, 6.45) is 8.41. The lowest BCUT2D eigenvalue weighted by atomic mass is 9.98. The van der Waals surface area contributed by atoms with E-state index in [1.165, 1.54) is 0 Å². The van der Waals surface area contributed by atoms with Crippen LogP contribution in [0.3, 0.4) is 0 Å². The highest BCUT2D eigenvalue weighted by molar-refractivity contribution is 8.01. The van der Waals surface area contributed by atoms with E-state index >= 15 is 0 Å². The van der Waals surface area contributed by atoms with Gasteiger partial charge < -0.3 is 15.5 Å². The molecule has 5 heterocycles. The number of piperidine rings is 1. The van der Waals surface area contributed by atoms with Crippen LogP contribution in [0.4, 0.5) is 5.82 Å². The summed E-state index contributed by atoms with van der Waals surface area (Å²) >= 11 is 1.84. The average molecular weight is 429 g/mol. The van der Waals surface area contributed by atoms with Crippen LogP contribution < -0.4 is 10.6 Å². The van der Waals surface area contributed by atoms with Crippen molar-refractivity contribution in [2.75, 3.05) is 24.5 Å². The summed E-state index contributed by atoms with van der Waals surface area (Å²) in [6.45, 7) is 6.96. The number of hydrogen-bond donors (Lipinski definition) is 1. The molecule has 1 amide bonds. The molecule has 0 spiro atoms. The number of carbonyl (C=O) groups excluding carboxylic acids is 1. The van der Waals surface area contributed by atoms with Crippen LogP contribution in [0, 0.1) is 6.92 Å². The molecule has 3 aliphatic heterocycles. The number of aromatic nitrogens is 3. The lowest BCUT2D eigenvalue weighted by molar-refractivity contribution is -0.134. The van der Waals surface area contributed by atoms with Crippen LogP contribution >= 0.6 is 11.8 Å². The Kier molecular flexibility index (Phi) is 5.39. The second-order valence-corrected chi connectivity index (χ2v) is 10.8. The summed E-state index contributed by atoms with van der Waals surface area (Å²) in [5.41, 5.74) is 9.04. The minimum atomic E-state index is 0.0634. The van der Waals surface area contributed by atoms with Crippen molar-refractivity contribution in [2.45, 2.75) is 75.0 Å². The molecular formula is C22H32N6OS. The first-order valence-electron chi connectivity index (χ1n) is 11.3. The van der Waals surface area contributed by atoms with Crippen LogP contribution in [-0.4, -0.2) is 61.6 Å². The van der Waals surface area contributed by atoms with Crippen LogP contribution in [-0.2, 0) is 4.79 Å². The van der Waals surface area contributed by atoms with E-state index in [-0.39, 0.29) is 17.3 Å². The van der Waals surface area contributed by atoms with Crippen molar-refractivity contribution in [1.82, 2.24) is 19.5 Å². The predicted octanol–water partition coefficient (Wildman–Crippen LogP) is 2.91. The third-order valence-electron chi connectivity index (χ3n) is 6.78. The average Bonchev–Trinajstić information content (AvgIpc) is 3.46. The molecule has 0 aromatic carbocycles. The largest absolute Gasteiger partial charge is 0.355 e. The van der Waals surface area contributed by atoms with Crippen LogP contribution in [0.25, 0.3) is 5.65 Å². The molecule has 0 saturated carbocycles. The van der Waals surface area contributed by atoms with Gasteiger partial charge in [0.2, 0.25) is 5.91 Å². The number of carbonyl (C=O) groups is 1. The van der Waals surface area contributed by atoms with Gasteiger partial charge in [0.05, 0.1) is 17.0 Å². The predicted molar refractivity (Wildman–Crippen MR) is 121 cm³/mol. The molecule has 0 bridgehead atoms. The second-order valence-electron chi connectivity index (χ2n) is 9.17. The number of fused-ring (bicyclic) bond motifs is 1. The maximum atomic E-state index is 13.3. The van der Waals surface area contributed by atoms with Crippen LogP contribution in [0.1, 0.15) is 62.7 Å². The van der Waals surface area contributed by atoms with E-state index in [2.05, 4.69) is 35.9 Å². The molecule has 0 aliphatic carbocycles. The van der Waals surface area contributed by atoms with Crippen LogP contribution in [0.5, 0.6) is 0 Å². The topological polar surface area (TPSA) is 79.8 Å². The second kappa shape index (κ2) is 8.04. The standard InChI is InChI=1S/C22H32N6OS/c1-14-12-28-20(24-21(14)26-10-8-16(23)13-26)11-17(25-28)18-5-3-4-9-27(18)22(29)19-7-6-15(2)30-19/h11-12,15-16,18-19H,3-10,13,23H2,1-2H3. The fourth-order valence-electron chi connectivity index (χ4n) is 5.15. The number of rotatable bonds is 3. The van der Waals surface area contributed by atoms with Crippen molar-refractivity contribution in [1.29, 1.82) is 0 Å². The SMILES string of the molecule is Cc1cn2nc(C3CCCCN3C(=O)C3CCC(C)S3)cc2nc1N1CCC(N)C1. The molecule has 2 N–H and O–H groups in total. The molecule has 3 fully saturated rings. The summed E-state index contributed by atoms with van der Waals surface area (Å²) in [5, 5.41) is 5.56. The first-order chi connectivity index (χ1) is 14.5. The van der Waals surface area contributed by atoms with E-state index in [9.17, 15) is 4.79 Å². The zero-order valence-corrected chi connectivity index (χ0v) is 18.8. The number of likely N-dealkylation sites (tertiary alicyclic amines) is 1. The number of nitrogens with zero attached hydrogens (tertiary/aromatic N) is 5. The number of amides is 1. The Hall–Kier alpha value is -1.80. The fourth-order valence-corrected chi connectivity index (χ4v) is 6.51. The normalized spacial score (nSPS) is 29.8. The smallest absolute Gasteiger partial charge is 0.236 e. The quantitative estimate of drug-likeness (QED) is 0.810. The number of aryl methyl sites for hydroxylation is 1. The molecule has 5 rings (SSSR count). The number of anilines is 1. The molecule has 2 aromatic rings. The lowest BCUT2D eigenvalue weighted by Crippen LogP contribution is -2.42.